The summed E-state index contributed by atoms with van der Waals surface area (Å²) >= 11 is 0. The summed E-state index contributed by atoms with van der Waals surface area (Å²) in [4.78, 5) is 11.5. The van der Waals surface area contributed by atoms with Crippen LogP contribution in [0.25, 0.3) is 0 Å². The Morgan fingerprint density at radius 3 is 2.00 bits per heavy atom. The monoisotopic (exact) mass is 380 g/mol. The van der Waals surface area contributed by atoms with E-state index in [1.807, 2.05) is 0 Å². The molecule has 0 unspecified atom stereocenters. The predicted octanol–water partition coefficient (Wildman–Crippen LogP) is 5.21. The first-order chi connectivity index (χ1) is 13.0. The minimum absolute atomic E-state index is 0.0465. The van der Waals surface area contributed by atoms with Gasteiger partial charge in [-0.15, -0.1) is 0 Å². The SMILES string of the molecule is CCCCCCCCCCCCCCC[C@@H]1C[C@@]2(O)CC(=O)C=C[C@@]2(O)O1. The lowest BCUT2D eigenvalue weighted by atomic mass is 9.81. The van der Waals surface area contributed by atoms with E-state index in [0.717, 1.165) is 12.8 Å². The highest BCUT2D eigenvalue weighted by Crippen LogP contribution is 2.45. The summed E-state index contributed by atoms with van der Waals surface area (Å²) in [6.45, 7) is 2.26. The Balaban J connectivity index is 1.44. The van der Waals surface area contributed by atoms with Crippen molar-refractivity contribution in [1.82, 2.24) is 0 Å². The molecule has 0 saturated carbocycles. The van der Waals surface area contributed by atoms with Crippen molar-refractivity contribution in [1.29, 1.82) is 0 Å². The first-order valence-corrected chi connectivity index (χ1v) is 11.3. The van der Waals surface area contributed by atoms with Crippen LogP contribution in [0.3, 0.4) is 0 Å². The van der Waals surface area contributed by atoms with Crippen LogP contribution in [-0.2, 0) is 9.53 Å². The second-order valence-corrected chi connectivity index (χ2v) is 8.68. The third-order valence-corrected chi connectivity index (χ3v) is 6.17. The first kappa shape index (κ1) is 22.6. The fourth-order valence-electron chi connectivity index (χ4n) is 4.43. The molecule has 1 fully saturated rings. The lowest BCUT2D eigenvalue weighted by Crippen LogP contribution is -2.52. The molecule has 1 saturated heterocycles. The van der Waals surface area contributed by atoms with E-state index in [4.69, 9.17) is 4.74 Å². The van der Waals surface area contributed by atoms with Crippen LogP contribution in [0.2, 0.25) is 0 Å². The van der Waals surface area contributed by atoms with Gasteiger partial charge in [0.15, 0.2) is 5.78 Å². The molecule has 2 rings (SSSR count). The van der Waals surface area contributed by atoms with E-state index in [-0.39, 0.29) is 18.3 Å². The Labute approximate surface area is 165 Å². The van der Waals surface area contributed by atoms with Gasteiger partial charge in [0.25, 0.3) is 0 Å². The average molecular weight is 381 g/mol. The second-order valence-electron chi connectivity index (χ2n) is 8.68. The molecule has 3 atom stereocenters. The summed E-state index contributed by atoms with van der Waals surface area (Å²) in [5, 5.41) is 21.0. The normalized spacial score (nSPS) is 30.0. The molecule has 1 heterocycles. The van der Waals surface area contributed by atoms with Crippen LogP contribution in [0.1, 0.15) is 110 Å². The van der Waals surface area contributed by atoms with Crippen LogP contribution >= 0.6 is 0 Å². The van der Waals surface area contributed by atoms with Gasteiger partial charge < -0.3 is 14.9 Å². The Bertz CT molecular complexity index is 475. The lowest BCUT2D eigenvalue weighted by molar-refractivity contribution is -0.233. The fraction of sp³-hybridized carbons (Fsp3) is 0.870. The molecule has 27 heavy (non-hydrogen) atoms. The van der Waals surface area contributed by atoms with E-state index in [1.54, 1.807) is 0 Å². The van der Waals surface area contributed by atoms with Crippen molar-refractivity contribution in [3.63, 3.8) is 0 Å². The van der Waals surface area contributed by atoms with Crippen molar-refractivity contribution < 1.29 is 19.7 Å². The quantitative estimate of drug-likeness (QED) is 0.406. The number of ketones is 1. The standard InChI is InChI=1S/C23H40O4/c1-2-3-4-5-6-7-8-9-10-11-12-13-14-15-21-19-22(25)18-20(24)16-17-23(22,26)27-21/h16-17,21,25-26H,2-15,18-19H2,1H3/t21-,22+,23-/m1/s1. The number of aliphatic hydroxyl groups is 2. The fourth-order valence-corrected chi connectivity index (χ4v) is 4.43. The molecule has 4 heteroatoms. The summed E-state index contributed by atoms with van der Waals surface area (Å²) in [7, 11) is 0. The van der Waals surface area contributed by atoms with Crippen LogP contribution in [0.4, 0.5) is 0 Å². The largest absolute Gasteiger partial charge is 0.383 e. The summed E-state index contributed by atoms with van der Waals surface area (Å²) in [6, 6.07) is 0. The van der Waals surface area contributed by atoms with Crippen LogP contribution in [0, 0.1) is 0 Å². The Morgan fingerprint density at radius 1 is 0.926 bits per heavy atom. The highest BCUT2D eigenvalue weighted by Gasteiger charge is 2.59. The number of carbonyl (C=O) groups is 1. The third kappa shape index (κ3) is 6.99. The number of hydrogen-bond donors (Lipinski definition) is 2. The van der Waals surface area contributed by atoms with Crippen molar-refractivity contribution in [2.24, 2.45) is 0 Å². The van der Waals surface area contributed by atoms with Gasteiger partial charge in [-0.05, 0) is 18.6 Å². The van der Waals surface area contributed by atoms with Crippen LogP contribution in [0.15, 0.2) is 12.2 Å². The molecule has 0 spiro atoms. The smallest absolute Gasteiger partial charge is 0.216 e. The van der Waals surface area contributed by atoms with E-state index >= 15 is 0 Å². The molecular formula is C23H40O4. The second kappa shape index (κ2) is 11.3. The van der Waals surface area contributed by atoms with Gasteiger partial charge in [0, 0.05) is 12.8 Å². The van der Waals surface area contributed by atoms with Gasteiger partial charge >= 0.3 is 0 Å². The minimum atomic E-state index is -1.68. The third-order valence-electron chi connectivity index (χ3n) is 6.17. The maximum atomic E-state index is 11.5. The van der Waals surface area contributed by atoms with Crippen molar-refractivity contribution in [3.8, 4) is 0 Å². The number of hydrogen-bond acceptors (Lipinski definition) is 4. The van der Waals surface area contributed by atoms with Crippen molar-refractivity contribution in [2.75, 3.05) is 0 Å². The molecule has 0 radical (unpaired) electrons. The van der Waals surface area contributed by atoms with Gasteiger partial charge in [-0.2, -0.15) is 0 Å². The molecule has 2 N–H and O–H groups in total. The maximum Gasteiger partial charge on any atom is 0.216 e. The highest BCUT2D eigenvalue weighted by atomic mass is 16.7. The van der Waals surface area contributed by atoms with E-state index < -0.39 is 11.4 Å². The Kier molecular flexibility index (Phi) is 9.47. The Hall–Kier alpha value is -0.710. The van der Waals surface area contributed by atoms with Gasteiger partial charge in [0.1, 0.15) is 5.60 Å². The number of allylic oxidation sites excluding steroid dienone is 1. The number of unbranched alkanes of at least 4 members (excludes halogenated alkanes) is 12. The van der Waals surface area contributed by atoms with Crippen LogP contribution < -0.4 is 0 Å². The number of fused-ring (bicyclic) bond motifs is 1. The zero-order valence-corrected chi connectivity index (χ0v) is 17.3. The Morgan fingerprint density at radius 2 is 1.44 bits per heavy atom. The van der Waals surface area contributed by atoms with Crippen molar-refractivity contribution in [3.05, 3.63) is 12.2 Å². The lowest BCUT2D eigenvalue weighted by Gasteiger charge is -2.35. The predicted molar refractivity (Wildman–Crippen MR) is 108 cm³/mol. The average Bonchev–Trinajstić information content (AvgIpc) is 2.89. The molecule has 0 bridgehead atoms. The molecule has 0 aromatic rings. The van der Waals surface area contributed by atoms with Crippen LogP contribution in [-0.4, -0.2) is 33.5 Å². The number of ether oxygens (including phenoxy) is 1. The van der Waals surface area contributed by atoms with Crippen molar-refractivity contribution >= 4 is 5.78 Å². The number of carbonyl (C=O) groups excluding carboxylic acids is 1. The van der Waals surface area contributed by atoms with Gasteiger partial charge in [-0.3, -0.25) is 4.79 Å². The molecule has 0 amide bonds. The van der Waals surface area contributed by atoms with Gasteiger partial charge in [-0.25, -0.2) is 0 Å². The van der Waals surface area contributed by atoms with Gasteiger partial charge in [0.2, 0.25) is 5.79 Å². The molecule has 4 nitrogen and oxygen atoms in total. The summed E-state index contributed by atoms with van der Waals surface area (Å²) in [5.41, 5.74) is -1.44. The molecule has 156 valence electrons. The zero-order valence-electron chi connectivity index (χ0n) is 17.3. The van der Waals surface area contributed by atoms with Gasteiger partial charge in [-0.1, -0.05) is 90.4 Å². The molecule has 1 aliphatic heterocycles. The van der Waals surface area contributed by atoms with E-state index in [9.17, 15) is 15.0 Å². The highest BCUT2D eigenvalue weighted by molar-refractivity contribution is 5.92. The zero-order chi connectivity index (χ0) is 19.6. The molecule has 0 aromatic carbocycles. The topological polar surface area (TPSA) is 66.8 Å². The van der Waals surface area contributed by atoms with Crippen molar-refractivity contribution in [2.45, 2.75) is 127 Å². The first-order valence-electron chi connectivity index (χ1n) is 11.3. The van der Waals surface area contributed by atoms with Crippen LogP contribution in [0.5, 0.6) is 0 Å². The van der Waals surface area contributed by atoms with Gasteiger partial charge in [0.05, 0.1) is 6.10 Å². The summed E-state index contributed by atoms with van der Waals surface area (Å²) in [6.07, 6.45) is 20.8. The summed E-state index contributed by atoms with van der Waals surface area (Å²) < 4.78 is 5.68. The number of rotatable bonds is 14. The maximum absolute atomic E-state index is 11.5. The minimum Gasteiger partial charge on any atom is -0.383 e. The van der Waals surface area contributed by atoms with E-state index in [0.29, 0.717) is 6.42 Å². The van der Waals surface area contributed by atoms with E-state index in [2.05, 4.69) is 6.92 Å². The molecular weight excluding hydrogens is 340 g/mol. The molecule has 2 aliphatic rings. The molecule has 0 aromatic heterocycles. The summed E-state index contributed by atoms with van der Waals surface area (Å²) in [5.74, 6) is -1.82. The van der Waals surface area contributed by atoms with E-state index in [1.165, 1.54) is 89.2 Å². The molecule has 1 aliphatic carbocycles.